The molecule has 0 atom stereocenters. The maximum absolute atomic E-state index is 12.1. The fraction of sp³-hybridized carbons (Fsp3) is 0.533. The van der Waals surface area contributed by atoms with Crippen molar-refractivity contribution in [2.24, 2.45) is 0 Å². The third-order valence-corrected chi connectivity index (χ3v) is 3.12. The van der Waals surface area contributed by atoms with Crippen molar-refractivity contribution >= 4 is 11.6 Å². The van der Waals surface area contributed by atoms with Gasteiger partial charge in [-0.05, 0) is 39.5 Å². The van der Waals surface area contributed by atoms with Crippen LogP contribution in [0.4, 0.5) is 5.69 Å². The van der Waals surface area contributed by atoms with Crippen LogP contribution in [0.1, 0.15) is 23.2 Å². The van der Waals surface area contributed by atoms with E-state index in [0.717, 1.165) is 19.4 Å². The second-order valence-electron chi connectivity index (χ2n) is 5.06. The van der Waals surface area contributed by atoms with E-state index in [1.54, 1.807) is 12.1 Å². The maximum atomic E-state index is 12.1. The largest absolute Gasteiger partial charge is 0.493 e. The van der Waals surface area contributed by atoms with Crippen LogP contribution in [0.25, 0.3) is 0 Å². The standard InChI is InChI=1S/C15H25N3O3/c1-18(2)8-6-5-7-17-15(19)11-9-13(20-3)14(21-4)10-12(11)16/h9-10H,5-8,16H2,1-4H3,(H,17,19). The molecule has 21 heavy (non-hydrogen) atoms. The fourth-order valence-corrected chi connectivity index (χ4v) is 1.94. The SMILES string of the molecule is COc1cc(N)c(C(=O)NCCCCN(C)C)cc1OC. The number of amides is 1. The van der Waals surface area contributed by atoms with Crippen molar-refractivity contribution in [1.82, 2.24) is 10.2 Å². The first-order valence-electron chi connectivity index (χ1n) is 6.94. The Morgan fingerprint density at radius 1 is 1.19 bits per heavy atom. The average molecular weight is 295 g/mol. The summed E-state index contributed by atoms with van der Waals surface area (Å²) in [5, 5.41) is 2.87. The maximum Gasteiger partial charge on any atom is 0.253 e. The third-order valence-electron chi connectivity index (χ3n) is 3.12. The molecule has 0 aromatic heterocycles. The number of ether oxygens (including phenoxy) is 2. The van der Waals surface area contributed by atoms with Crippen LogP contribution in [-0.2, 0) is 0 Å². The molecule has 0 saturated heterocycles. The molecule has 1 aromatic rings. The van der Waals surface area contributed by atoms with Gasteiger partial charge in [0.25, 0.3) is 5.91 Å². The predicted molar refractivity (Wildman–Crippen MR) is 84.1 cm³/mol. The van der Waals surface area contributed by atoms with E-state index < -0.39 is 0 Å². The van der Waals surface area contributed by atoms with E-state index in [9.17, 15) is 4.79 Å². The molecule has 118 valence electrons. The second kappa shape index (κ2) is 8.36. The summed E-state index contributed by atoms with van der Waals surface area (Å²) in [6.07, 6.45) is 1.96. The molecule has 3 N–H and O–H groups in total. The van der Waals surface area contributed by atoms with Crippen LogP contribution in [0.2, 0.25) is 0 Å². The number of anilines is 1. The number of nitrogens with zero attached hydrogens (tertiary/aromatic N) is 1. The molecule has 0 heterocycles. The molecule has 1 aromatic carbocycles. The number of nitrogen functional groups attached to an aromatic ring is 1. The van der Waals surface area contributed by atoms with Gasteiger partial charge in [0.05, 0.1) is 19.8 Å². The molecule has 0 aliphatic rings. The monoisotopic (exact) mass is 295 g/mol. The lowest BCUT2D eigenvalue weighted by Gasteiger charge is -2.13. The Morgan fingerprint density at radius 2 is 1.81 bits per heavy atom. The average Bonchev–Trinajstić information content (AvgIpc) is 2.45. The Labute approximate surface area is 126 Å². The molecule has 1 amide bonds. The van der Waals surface area contributed by atoms with Crippen molar-refractivity contribution in [3.05, 3.63) is 17.7 Å². The molecule has 0 unspecified atom stereocenters. The van der Waals surface area contributed by atoms with E-state index in [1.165, 1.54) is 14.2 Å². The molecule has 6 heteroatoms. The molecule has 0 spiro atoms. The molecule has 6 nitrogen and oxygen atoms in total. The molecule has 1 rings (SSSR count). The van der Waals surface area contributed by atoms with Crippen LogP contribution >= 0.6 is 0 Å². The quantitative estimate of drug-likeness (QED) is 0.559. The van der Waals surface area contributed by atoms with E-state index in [0.29, 0.717) is 29.3 Å². The van der Waals surface area contributed by atoms with E-state index in [-0.39, 0.29) is 5.91 Å². The number of methoxy groups -OCH3 is 2. The normalized spacial score (nSPS) is 10.5. The lowest BCUT2D eigenvalue weighted by Crippen LogP contribution is -2.26. The van der Waals surface area contributed by atoms with E-state index >= 15 is 0 Å². The van der Waals surface area contributed by atoms with Crippen LogP contribution in [0.3, 0.4) is 0 Å². The number of carbonyl (C=O) groups excluding carboxylic acids is 1. The van der Waals surface area contributed by atoms with E-state index in [1.807, 2.05) is 14.1 Å². The molecule has 0 fully saturated rings. The number of nitrogens with one attached hydrogen (secondary N) is 1. The van der Waals surface area contributed by atoms with Crippen molar-refractivity contribution in [3.8, 4) is 11.5 Å². The van der Waals surface area contributed by atoms with Gasteiger partial charge in [0.15, 0.2) is 11.5 Å². The van der Waals surface area contributed by atoms with Crippen LogP contribution in [-0.4, -0.2) is 52.2 Å². The summed E-state index contributed by atoms with van der Waals surface area (Å²) in [5.74, 6) is 0.806. The molecule has 0 saturated carbocycles. The number of carbonyl (C=O) groups is 1. The van der Waals surface area contributed by atoms with Crippen LogP contribution in [0.15, 0.2) is 12.1 Å². The summed E-state index contributed by atoms with van der Waals surface area (Å²) in [7, 11) is 7.12. The zero-order valence-corrected chi connectivity index (χ0v) is 13.2. The molecule has 0 radical (unpaired) electrons. The van der Waals surface area contributed by atoms with Gasteiger partial charge in [-0.25, -0.2) is 0 Å². The summed E-state index contributed by atoms with van der Waals surface area (Å²) in [5.41, 5.74) is 6.67. The smallest absolute Gasteiger partial charge is 0.253 e. The Balaban J connectivity index is 2.61. The Bertz CT molecular complexity index is 475. The van der Waals surface area contributed by atoms with Gasteiger partial charge >= 0.3 is 0 Å². The van der Waals surface area contributed by atoms with Gasteiger partial charge in [0.2, 0.25) is 0 Å². The second-order valence-corrected chi connectivity index (χ2v) is 5.06. The van der Waals surface area contributed by atoms with Gasteiger partial charge < -0.3 is 25.4 Å². The van der Waals surface area contributed by atoms with Crippen LogP contribution in [0, 0.1) is 0 Å². The molecule has 0 bridgehead atoms. The van der Waals surface area contributed by atoms with Crippen LogP contribution < -0.4 is 20.5 Å². The highest BCUT2D eigenvalue weighted by Gasteiger charge is 2.14. The number of benzene rings is 1. The van der Waals surface area contributed by atoms with Crippen molar-refractivity contribution in [3.63, 3.8) is 0 Å². The van der Waals surface area contributed by atoms with Crippen molar-refractivity contribution in [2.45, 2.75) is 12.8 Å². The Hall–Kier alpha value is -1.95. The fourth-order valence-electron chi connectivity index (χ4n) is 1.94. The van der Waals surface area contributed by atoms with Gasteiger partial charge in [0, 0.05) is 18.3 Å². The summed E-state index contributed by atoms with van der Waals surface area (Å²) in [6, 6.07) is 3.20. The lowest BCUT2D eigenvalue weighted by atomic mass is 10.1. The first kappa shape index (κ1) is 17.1. The van der Waals surface area contributed by atoms with Gasteiger partial charge in [0.1, 0.15) is 0 Å². The molecule has 0 aliphatic heterocycles. The lowest BCUT2D eigenvalue weighted by molar-refractivity contribution is 0.0953. The number of hydrogen-bond donors (Lipinski definition) is 2. The first-order valence-corrected chi connectivity index (χ1v) is 6.94. The highest BCUT2D eigenvalue weighted by molar-refractivity contribution is 6.00. The molecular formula is C15H25N3O3. The van der Waals surface area contributed by atoms with Crippen molar-refractivity contribution in [1.29, 1.82) is 0 Å². The third kappa shape index (κ3) is 5.15. The Kier molecular flexibility index (Phi) is 6.81. The highest BCUT2D eigenvalue weighted by Crippen LogP contribution is 2.31. The van der Waals surface area contributed by atoms with Crippen molar-refractivity contribution < 1.29 is 14.3 Å². The van der Waals surface area contributed by atoms with Crippen LogP contribution in [0.5, 0.6) is 11.5 Å². The number of hydrogen-bond acceptors (Lipinski definition) is 5. The number of unbranched alkanes of at least 4 members (excludes halogenated alkanes) is 1. The predicted octanol–water partition coefficient (Wildman–Crippen LogP) is 1.36. The molecule has 0 aliphatic carbocycles. The van der Waals surface area contributed by atoms with E-state index in [4.69, 9.17) is 15.2 Å². The van der Waals surface area contributed by atoms with Gasteiger partial charge in [-0.3, -0.25) is 4.79 Å². The minimum Gasteiger partial charge on any atom is -0.493 e. The number of nitrogens with two attached hydrogens (primary N) is 1. The zero-order chi connectivity index (χ0) is 15.8. The summed E-state index contributed by atoms with van der Waals surface area (Å²) >= 11 is 0. The topological polar surface area (TPSA) is 76.8 Å². The van der Waals surface area contributed by atoms with Gasteiger partial charge in [-0.15, -0.1) is 0 Å². The summed E-state index contributed by atoms with van der Waals surface area (Å²) in [6.45, 7) is 1.63. The minimum absolute atomic E-state index is 0.196. The van der Waals surface area contributed by atoms with Crippen molar-refractivity contribution in [2.75, 3.05) is 47.1 Å². The summed E-state index contributed by atoms with van der Waals surface area (Å²) < 4.78 is 10.3. The van der Waals surface area contributed by atoms with Gasteiger partial charge in [-0.1, -0.05) is 0 Å². The Morgan fingerprint density at radius 3 is 2.38 bits per heavy atom. The van der Waals surface area contributed by atoms with E-state index in [2.05, 4.69) is 10.2 Å². The zero-order valence-electron chi connectivity index (χ0n) is 13.2. The first-order chi connectivity index (χ1) is 9.99. The molecular weight excluding hydrogens is 270 g/mol. The van der Waals surface area contributed by atoms with Gasteiger partial charge in [-0.2, -0.15) is 0 Å². The minimum atomic E-state index is -0.196. The number of rotatable bonds is 8. The highest BCUT2D eigenvalue weighted by atomic mass is 16.5. The summed E-state index contributed by atoms with van der Waals surface area (Å²) in [4.78, 5) is 14.3.